The number of carboxylic acid groups (broad SMARTS) is 1. The zero-order chi connectivity index (χ0) is 14.4. The largest absolute Gasteiger partial charge is 0.480 e. The van der Waals surface area contributed by atoms with Crippen molar-refractivity contribution in [2.45, 2.75) is 63.3 Å². The van der Waals surface area contributed by atoms with Crippen molar-refractivity contribution in [1.29, 1.82) is 0 Å². The Kier molecular flexibility index (Phi) is 5.75. The highest BCUT2D eigenvalue weighted by Crippen LogP contribution is 2.29. The molecule has 1 saturated carbocycles. The SMILES string of the molecule is O=C(CCC1CCCCC1)NC1(C(=O)O)CCSCC1. The maximum absolute atomic E-state index is 12.1. The highest BCUT2D eigenvalue weighted by Gasteiger charge is 2.41. The summed E-state index contributed by atoms with van der Waals surface area (Å²) < 4.78 is 0. The molecule has 2 rings (SSSR count). The molecule has 0 aromatic rings. The Bertz CT molecular complexity index is 347. The Morgan fingerprint density at radius 2 is 1.80 bits per heavy atom. The molecule has 1 amide bonds. The molecule has 4 nitrogen and oxygen atoms in total. The first kappa shape index (κ1) is 15.7. The van der Waals surface area contributed by atoms with E-state index >= 15 is 0 Å². The van der Waals surface area contributed by atoms with Gasteiger partial charge in [-0.1, -0.05) is 32.1 Å². The lowest BCUT2D eigenvalue weighted by atomic mass is 9.86. The second-order valence-corrected chi connectivity index (χ2v) is 7.32. The van der Waals surface area contributed by atoms with Gasteiger partial charge in [-0.3, -0.25) is 4.79 Å². The van der Waals surface area contributed by atoms with Gasteiger partial charge in [-0.05, 0) is 36.7 Å². The zero-order valence-corrected chi connectivity index (χ0v) is 12.8. The van der Waals surface area contributed by atoms with Gasteiger partial charge in [0.05, 0.1) is 0 Å². The van der Waals surface area contributed by atoms with Crippen LogP contribution in [0.5, 0.6) is 0 Å². The van der Waals surface area contributed by atoms with Crippen LogP contribution in [0.25, 0.3) is 0 Å². The minimum atomic E-state index is -1.01. The van der Waals surface area contributed by atoms with Crippen LogP contribution in [-0.2, 0) is 9.59 Å². The first-order valence-electron chi connectivity index (χ1n) is 7.74. The van der Waals surface area contributed by atoms with Crippen LogP contribution < -0.4 is 5.32 Å². The maximum atomic E-state index is 12.1. The predicted octanol–water partition coefficient (Wildman–Crippen LogP) is 2.81. The molecular formula is C15H25NO3S. The molecule has 2 aliphatic rings. The Morgan fingerprint density at radius 3 is 2.40 bits per heavy atom. The molecule has 114 valence electrons. The quantitative estimate of drug-likeness (QED) is 0.819. The minimum Gasteiger partial charge on any atom is -0.480 e. The van der Waals surface area contributed by atoms with Crippen LogP contribution in [-0.4, -0.2) is 34.0 Å². The summed E-state index contributed by atoms with van der Waals surface area (Å²) in [5.74, 6) is 1.34. The van der Waals surface area contributed by atoms with Gasteiger partial charge in [0.1, 0.15) is 5.54 Å². The molecule has 2 fully saturated rings. The second-order valence-electron chi connectivity index (χ2n) is 6.09. The van der Waals surface area contributed by atoms with Crippen LogP contribution >= 0.6 is 11.8 Å². The molecule has 0 aromatic carbocycles. The average molecular weight is 299 g/mol. The van der Waals surface area contributed by atoms with E-state index in [0.717, 1.165) is 17.9 Å². The van der Waals surface area contributed by atoms with Crippen LogP contribution in [0.3, 0.4) is 0 Å². The molecule has 20 heavy (non-hydrogen) atoms. The summed E-state index contributed by atoms with van der Waals surface area (Å²) in [6, 6.07) is 0. The van der Waals surface area contributed by atoms with Crippen molar-refractivity contribution in [1.82, 2.24) is 5.32 Å². The van der Waals surface area contributed by atoms with Crippen molar-refractivity contribution in [3.8, 4) is 0 Å². The van der Waals surface area contributed by atoms with Gasteiger partial charge < -0.3 is 10.4 Å². The normalized spacial score (nSPS) is 23.2. The van der Waals surface area contributed by atoms with Crippen molar-refractivity contribution < 1.29 is 14.7 Å². The fraction of sp³-hybridized carbons (Fsp3) is 0.867. The van der Waals surface area contributed by atoms with E-state index in [4.69, 9.17) is 0 Å². The van der Waals surface area contributed by atoms with Gasteiger partial charge in [-0.15, -0.1) is 0 Å². The lowest BCUT2D eigenvalue weighted by Crippen LogP contribution is -2.56. The van der Waals surface area contributed by atoms with E-state index in [0.29, 0.717) is 25.2 Å². The Hall–Kier alpha value is -0.710. The van der Waals surface area contributed by atoms with Gasteiger partial charge in [-0.25, -0.2) is 4.79 Å². The van der Waals surface area contributed by atoms with Crippen LogP contribution in [0.1, 0.15) is 57.8 Å². The molecule has 0 aromatic heterocycles. The minimum absolute atomic E-state index is 0.0788. The summed E-state index contributed by atoms with van der Waals surface area (Å²) in [6.07, 6.45) is 8.82. The van der Waals surface area contributed by atoms with Crippen LogP contribution in [0.15, 0.2) is 0 Å². The molecule has 5 heteroatoms. The topological polar surface area (TPSA) is 66.4 Å². The smallest absolute Gasteiger partial charge is 0.329 e. The van der Waals surface area contributed by atoms with Crippen LogP contribution in [0.2, 0.25) is 0 Å². The third-order valence-electron chi connectivity index (χ3n) is 4.64. The Balaban J connectivity index is 1.80. The van der Waals surface area contributed by atoms with Crippen molar-refractivity contribution in [2.75, 3.05) is 11.5 Å². The van der Waals surface area contributed by atoms with E-state index in [9.17, 15) is 14.7 Å². The molecule has 1 aliphatic carbocycles. The number of rotatable bonds is 5. The third-order valence-corrected chi connectivity index (χ3v) is 5.62. The number of carboxylic acids is 1. The number of aliphatic carboxylic acids is 1. The number of nitrogens with one attached hydrogen (secondary N) is 1. The molecule has 2 N–H and O–H groups in total. The molecule has 0 bridgehead atoms. The first-order valence-corrected chi connectivity index (χ1v) is 8.90. The number of carbonyl (C=O) groups is 2. The average Bonchev–Trinajstić information content (AvgIpc) is 2.47. The van der Waals surface area contributed by atoms with Gasteiger partial charge in [-0.2, -0.15) is 11.8 Å². The van der Waals surface area contributed by atoms with Gasteiger partial charge in [0.25, 0.3) is 0 Å². The lowest BCUT2D eigenvalue weighted by Gasteiger charge is -2.34. The molecule has 0 spiro atoms. The molecular weight excluding hydrogens is 274 g/mol. The molecule has 0 radical (unpaired) electrons. The van der Waals surface area contributed by atoms with Crippen molar-refractivity contribution in [2.24, 2.45) is 5.92 Å². The summed E-state index contributed by atoms with van der Waals surface area (Å²) in [7, 11) is 0. The molecule has 1 heterocycles. The van der Waals surface area contributed by atoms with E-state index in [1.54, 1.807) is 11.8 Å². The van der Waals surface area contributed by atoms with E-state index in [1.165, 1.54) is 32.1 Å². The zero-order valence-electron chi connectivity index (χ0n) is 12.0. The lowest BCUT2D eigenvalue weighted by molar-refractivity contribution is -0.148. The number of amides is 1. The van der Waals surface area contributed by atoms with E-state index in [1.807, 2.05) is 0 Å². The van der Waals surface area contributed by atoms with Gasteiger partial charge in [0.15, 0.2) is 0 Å². The number of thioether (sulfide) groups is 1. The Morgan fingerprint density at radius 1 is 1.15 bits per heavy atom. The molecule has 0 unspecified atom stereocenters. The number of hydrogen-bond acceptors (Lipinski definition) is 3. The monoisotopic (exact) mass is 299 g/mol. The van der Waals surface area contributed by atoms with Gasteiger partial charge in [0.2, 0.25) is 5.91 Å². The Labute approximate surface area is 125 Å². The fourth-order valence-corrected chi connectivity index (χ4v) is 4.44. The summed E-state index contributed by atoms with van der Waals surface area (Å²) in [5.41, 5.74) is -1.01. The summed E-state index contributed by atoms with van der Waals surface area (Å²) in [4.78, 5) is 23.6. The highest BCUT2D eigenvalue weighted by atomic mass is 32.2. The van der Waals surface area contributed by atoms with Gasteiger partial charge >= 0.3 is 5.97 Å². The summed E-state index contributed by atoms with van der Waals surface area (Å²) >= 11 is 1.76. The van der Waals surface area contributed by atoms with Gasteiger partial charge in [0, 0.05) is 6.42 Å². The standard InChI is InChI=1S/C15H25NO3S/c17-13(7-6-12-4-2-1-3-5-12)16-15(14(18)19)8-10-20-11-9-15/h12H,1-11H2,(H,16,17)(H,18,19). The molecule has 0 atom stereocenters. The predicted molar refractivity (Wildman–Crippen MR) is 80.9 cm³/mol. The van der Waals surface area contributed by atoms with Crippen molar-refractivity contribution in [3.05, 3.63) is 0 Å². The maximum Gasteiger partial charge on any atom is 0.329 e. The van der Waals surface area contributed by atoms with Crippen LogP contribution in [0, 0.1) is 5.92 Å². The van der Waals surface area contributed by atoms with E-state index in [-0.39, 0.29) is 5.91 Å². The van der Waals surface area contributed by atoms with Crippen molar-refractivity contribution >= 4 is 23.6 Å². The van der Waals surface area contributed by atoms with E-state index in [2.05, 4.69) is 5.32 Å². The third kappa shape index (κ3) is 4.14. The van der Waals surface area contributed by atoms with Crippen molar-refractivity contribution in [3.63, 3.8) is 0 Å². The number of hydrogen-bond donors (Lipinski definition) is 2. The number of carbonyl (C=O) groups excluding carboxylic acids is 1. The highest BCUT2D eigenvalue weighted by molar-refractivity contribution is 7.99. The molecule has 1 saturated heterocycles. The fourth-order valence-electron chi connectivity index (χ4n) is 3.25. The van der Waals surface area contributed by atoms with E-state index < -0.39 is 11.5 Å². The summed E-state index contributed by atoms with van der Waals surface area (Å²) in [6.45, 7) is 0. The first-order chi connectivity index (χ1) is 9.62. The summed E-state index contributed by atoms with van der Waals surface area (Å²) in [5, 5.41) is 12.3. The molecule has 1 aliphatic heterocycles. The second kappa shape index (κ2) is 7.34. The van der Waals surface area contributed by atoms with Crippen LogP contribution in [0.4, 0.5) is 0 Å².